The van der Waals surface area contributed by atoms with E-state index in [-0.39, 0.29) is 24.1 Å². The third-order valence-corrected chi connectivity index (χ3v) is 7.67. The van der Waals surface area contributed by atoms with Gasteiger partial charge >= 0.3 is 0 Å². The Kier molecular flexibility index (Phi) is 8.41. The topological polar surface area (TPSA) is 126 Å². The number of nitrogens with one attached hydrogen (secondary N) is 1. The zero-order valence-corrected chi connectivity index (χ0v) is 21.1. The van der Waals surface area contributed by atoms with Crippen LogP contribution in [0, 0.1) is 0 Å². The van der Waals surface area contributed by atoms with Gasteiger partial charge in [-0.05, 0) is 75.2 Å². The lowest BCUT2D eigenvalue weighted by molar-refractivity contribution is 0.0995. The highest BCUT2D eigenvalue weighted by Crippen LogP contribution is 2.33. The van der Waals surface area contributed by atoms with Crippen LogP contribution >= 0.6 is 12.4 Å². The van der Waals surface area contributed by atoms with Crippen LogP contribution in [0.3, 0.4) is 0 Å². The molecule has 5 rings (SSSR count). The van der Waals surface area contributed by atoms with Gasteiger partial charge in [-0.2, -0.15) is 4.98 Å². The SMILES string of the molecule is Cl.NC(=O)c1nnc(N2CCC[C@@H](N)C2)nc1Nc1ccc(C2CCN(C3CCCC3)CC2)cc1. The fourth-order valence-electron chi connectivity index (χ4n) is 5.74. The zero-order valence-electron chi connectivity index (χ0n) is 20.2. The van der Waals surface area contributed by atoms with Gasteiger partial charge in [-0.15, -0.1) is 22.6 Å². The molecule has 0 radical (unpaired) electrons. The van der Waals surface area contributed by atoms with Crippen LogP contribution in [0.2, 0.25) is 0 Å². The van der Waals surface area contributed by atoms with Crippen molar-refractivity contribution < 1.29 is 4.79 Å². The van der Waals surface area contributed by atoms with Crippen molar-refractivity contribution in [2.24, 2.45) is 11.5 Å². The maximum atomic E-state index is 11.9. The number of aromatic nitrogens is 3. The molecule has 1 atom stereocenters. The van der Waals surface area contributed by atoms with Crippen LogP contribution < -0.4 is 21.7 Å². The van der Waals surface area contributed by atoms with Gasteiger partial charge in [-0.25, -0.2) is 0 Å². The number of carbonyl (C=O) groups excluding carboxylic acids is 1. The molecule has 9 nitrogen and oxygen atoms in total. The lowest BCUT2D eigenvalue weighted by atomic mass is 9.88. The molecule has 2 aliphatic heterocycles. The molecule has 2 saturated heterocycles. The maximum absolute atomic E-state index is 11.9. The normalized spacial score (nSPS) is 22.1. The number of piperidine rings is 2. The predicted molar refractivity (Wildman–Crippen MR) is 141 cm³/mol. The van der Waals surface area contributed by atoms with Gasteiger partial charge in [0.05, 0.1) is 0 Å². The Morgan fingerprint density at radius 2 is 1.66 bits per heavy atom. The van der Waals surface area contributed by atoms with E-state index in [4.69, 9.17) is 11.5 Å². The summed E-state index contributed by atoms with van der Waals surface area (Å²) in [7, 11) is 0. The van der Waals surface area contributed by atoms with Gasteiger partial charge < -0.3 is 26.6 Å². The molecule has 3 aliphatic rings. The Morgan fingerprint density at radius 1 is 0.943 bits per heavy atom. The van der Waals surface area contributed by atoms with Crippen molar-refractivity contribution in [2.45, 2.75) is 69.4 Å². The summed E-state index contributed by atoms with van der Waals surface area (Å²) in [6, 6.07) is 9.36. The van der Waals surface area contributed by atoms with E-state index in [1.165, 1.54) is 57.2 Å². The van der Waals surface area contributed by atoms with Crippen LogP contribution in [0.5, 0.6) is 0 Å². The molecule has 0 unspecified atom stereocenters. The molecular weight excluding hydrogens is 464 g/mol. The summed E-state index contributed by atoms with van der Waals surface area (Å²) in [6.45, 7) is 3.89. The average molecular weight is 501 g/mol. The molecule has 1 saturated carbocycles. The van der Waals surface area contributed by atoms with E-state index in [1.807, 2.05) is 17.0 Å². The highest BCUT2D eigenvalue weighted by Gasteiger charge is 2.28. The summed E-state index contributed by atoms with van der Waals surface area (Å²) in [6.07, 6.45) is 9.94. The average Bonchev–Trinajstić information content (AvgIpc) is 3.40. The predicted octanol–water partition coefficient (Wildman–Crippen LogP) is 3.19. The first-order valence-electron chi connectivity index (χ1n) is 12.7. The van der Waals surface area contributed by atoms with E-state index >= 15 is 0 Å². The van der Waals surface area contributed by atoms with E-state index in [0.717, 1.165) is 31.1 Å². The zero-order chi connectivity index (χ0) is 23.5. The van der Waals surface area contributed by atoms with Crippen LogP contribution in [0.25, 0.3) is 0 Å². The minimum absolute atomic E-state index is 0. The summed E-state index contributed by atoms with van der Waals surface area (Å²) in [5.74, 6) is 0.737. The largest absolute Gasteiger partial charge is 0.364 e. The van der Waals surface area contributed by atoms with Crippen LogP contribution in [-0.2, 0) is 0 Å². The monoisotopic (exact) mass is 500 g/mol. The van der Waals surface area contributed by atoms with Crippen molar-refractivity contribution in [3.8, 4) is 0 Å². The number of amides is 1. The molecule has 1 aromatic heterocycles. The number of likely N-dealkylation sites (tertiary alicyclic amines) is 1. The van der Waals surface area contributed by atoms with Crippen molar-refractivity contribution in [3.63, 3.8) is 0 Å². The summed E-state index contributed by atoms with van der Waals surface area (Å²) in [5.41, 5.74) is 13.9. The molecule has 1 aliphatic carbocycles. The van der Waals surface area contributed by atoms with E-state index in [0.29, 0.717) is 24.2 Å². The second-order valence-electron chi connectivity index (χ2n) is 10.0. The number of primary amides is 1. The minimum atomic E-state index is -0.657. The van der Waals surface area contributed by atoms with Crippen molar-refractivity contribution in [2.75, 3.05) is 36.4 Å². The Bertz CT molecular complexity index is 989. The Hall–Kier alpha value is -2.49. The van der Waals surface area contributed by atoms with Crippen LogP contribution in [0.15, 0.2) is 24.3 Å². The summed E-state index contributed by atoms with van der Waals surface area (Å²) < 4.78 is 0. The number of carbonyl (C=O) groups is 1. The molecule has 1 amide bonds. The molecule has 1 aromatic carbocycles. The number of anilines is 3. The third kappa shape index (κ3) is 6.02. The lowest BCUT2D eigenvalue weighted by Crippen LogP contribution is -2.43. The fourth-order valence-corrected chi connectivity index (χ4v) is 5.74. The number of rotatable bonds is 6. The number of nitrogens with zero attached hydrogens (tertiary/aromatic N) is 5. The molecule has 2 aromatic rings. The van der Waals surface area contributed by atoms with E-state index < -0.39 is 5.91 Å². The number of hydrogen-bond donors (Lipinski definition) is 3. The van der Waals surface area contributed by atoms with Crippen LogP contribution in [0.1, 0.15) is 73.3 Å². The van der Waals surface area contributed by atoms with Gasteiger partial charge in [-0.1, -0.05) is 25.0 Å². The van der Waals surface area contributed by atoms with Crippen molar-refractivity contribution in [1.29, 1.82) is 0 Å². The number of nitrogens with two attached hydrogens (primary N) is 2. The van der Waals surface area contributed by atoms with E-state index in [1.54, 1.807) is 0 Å². The molecule has 0 spiro atoms. The van der Waals surface area contributed by atoms with Crippen LogP contribution in [0.4, 0.5) is 17.5 Å². The van der Waals surface area contributed by atoms with Gasteiger partial charge in [0.2, 0.25) is 5.95 Å². The van der Waals surface area contributed by atoms with Gasteiger partial charge in [-0.3, -0.25) is 4.79 Å². The van der Waals surface area contributed by atoms with Crippen LogP contribution in [-0.4, -0.2) is 64.3 Å². The summed E-state index contributed by atoms with van der Waals surface area (Å²) in [4.78, 5) is 21.2. The molecule has 5 N–H and O–H groups in total. The first-order chi connectivity index (χ1) is 16.6. The smallest absolute Gasteiger partial charge is 0.273 e. The van der Waals surface area contributed by atoms with E-state index in [9.17, 15) is 4.79 Å². The molecule has 10 heteroatoms. The lowest BCUT2D eigenvalue weighted by Gasteiger charge is -2.36. The Labute approximate surface area is 213 Å². The third-order valence-electron chi connectivity index (χ3n) is 7.67. The maximum Gasteiger partial charge on any atom is 0.273 e. The fraction of sp³-hybridized carbons (Fsp3) is 0.600. The number of hydrogen-bond acceptors (Lipinski definition) is 8. The highest BCUT2D eigenvalue weighted by molar-refractivity contribution is 5.96. The molecular formula is C25H37ClN8O. The van der Waals surface area contributed by atoms with Gasteiger partial charge in [0.15, 0.2) is 11.5 Å². The summed E-state index contributed by atoms with van der Waals surface area (Å²) in [5, 5.41) is 11.4. The Balaban J connectivity index is 0.00000289. The van der Waals surface area contributed by atoms with Crippen molar-refractivity contribution in [1.82, 2.24) is 20.1 Å². The molecule has 3 heterocycles. The van der Waals surface area contributed by atoms with Crippen molar-refractivity contribution in [3.05, 3.63) is 35.5 Å². The second kappa shape index (κ2) is 11.5. The van der Waals surface area contributed by atoms with E-state index in [2.05, 4.69) is 37.5 Å². The van der Waals surface area contributed by atoms with Gasteiger partial charge in [0, 0.05) is 30.9 Å². The standard InChI is InChI=1S/C25H36N8O.ClH/c26-19-4-3-13-33(16-19)25-29-24(22(23(27)34)30-31-25)28-20-9-7-17(8-10-20)18-11-14-32(15-12-18)21-5-1-2-6-21;/h7-10,18-19,21H,1-6,11-16,26H2,(H2,27,34)(H,28,29,31);1H/t19-;/m1./s1. The van der Waals surface area contributed by atoms with Crippen molar-refractivity contribution >= 4 is 35.8 Å². The van der Waals surface area contributed by atoms with Gasteiger partial charge in [0.1, 0.15) is 0 Å². The Morgan fingerprint density at radius 3 is 2.31 bits per heavy atom. The minimum Gasteiger partial charge on any atom is -0.364 e. The number of benzene rings is 1. The number of halogens is 1. The molecule has 190 valence electrons. The first kappa shape index (κ1) is 25.6. The van der Waals surface area contributed by atoms with Gasteiger partial charge in [0.25, 0.3) is 5.91 Å². The second-order valence-corrected chi connectivity index (χ2v) is 10.0. The molecule has 3 fully saturated rings. The molecule has 0 bridgehead atoms. The summed E-state index contributed by atoms with van der Waals surface area (Å²) >= 11 is 0. The first-order valence-corrected chi connectivity index (χ1v) is 12.7. The highest BCUT2D eigenvalue weighted by atomic mass is 35.5. The molecule has 35 heavy (non-hydrogen) atoms. The quantitative estimate of drug-likeness (QED) is 0.552.